The first kappa shape index (κ1) is 20.4. The number of nitrogens with one attached hydrogen (secondary N) is 1. The fourth-order valence-corrected chi connectivity index (χ4v) is 2.01. The Labute approximate surface area is 134 Å². The van der Waals surface area contributed by atoms with Gasteiger partial charge in [0.1, 0.15) is 12.3 Å². The van der Waals surface area contributed by atoms with Gasteiger partial charge in [-0.3, -0.25) is 9.36 Å². The lowest BCUT2D eigenvalue weighted by Gasteiger charge is -2.29. The maximum atomic E-state index is 12.6. The standard InChI is InChI=1S/C12H15F3NO7P/c1-2-22-10(17)7-16-12(18,24(19,20)21)23-9-5-3-4-8(6-9)11(13,14)15/h3-6,16,18H,2,7H2,1H3,(H2,19,20,21). The van der Waals surface area contributed by atoms with Crippen LogP contribution in [-0.2, 0) is 20.3 Å². The third-order valence-electron chi connectivity index (χ3n) is 2.58. The van der Waals surface area contributed by atoms with Crippen molar-refractivity contribution < 1.29 is 46.9 Å². The SMILES string of the molecule is CCOC(=O)CNC(O)(Oc1cccc(C(F)(F)F)c1)P(=O)(O)O. The summed E-state index contributed by atoms with van der Waals surface area (Å²) in [6.45, 7) is 0.601. The molecule has 0 spiro atoms. The van der Waals surface area contributed by atoms with E-state index in [1.54, 1.807) is 5.32 Å². The number of carbonyl (C=O) groups is 1. The van der Waals surface area contributed by atoms with E-state index in [2.05, 4.69) is 9.47 Å². The van der Waals surface area contributed by atoms with Gasteiger partial charge in [-0.15, -0.1) is 0 Å². The number of alkyl halides is 3. The summed E-state index contributed by atoms with van der Waals surface area (Å²) < 4.78 is 58.4. The van der Waals surface area contributed by atoms with Crippen LogP contribution < -0.4 is 10.1 Å². The fraction of sp³-hybridized carbons (Fsp3) is 0.417. The third-order valence-corrected chi connectivity index (χ3v) is 3.62. The van der Waals surface area contributed by atoms with E-state index in [0.717, 1.165) is 12.1 Å². The summed E-state index contributed by atoms with van der Waals surface area (Å²) in [6, 6.07) is 3.01. The Hall–Kier alpha value is -1.65. The molecule has 1 rings (SSSR count). The lowest BCUT2D eigenvalue weighted by molar-refractivity contribution is -0.148. The third kappa shape index (κ3) is 5.46. The van der Waals surface area contributed by atoms with Crippen molar-refractivity contribution in [1.29, 1.82) is 0 Å². The van der Waals surface area contributed by atoms with E-state index in [9.17, 15) is 27.6 Å². The monoisotopic (exact) mass is 373 g/mol. The molecule has 0 aliphatic rings. The topological polar surface area (TPSA) is 125 Å². The molecule has 12 heteroatoms. The van der Waals surface area contributed by atoms with Crippen LogP contribution >= 0.6 is 7.60 Å². The molecule has 1 unspecified atom stereocenters. The first-order valence-corrected chi connectivity index (χ1v) is 8.05. The molecular weight excluding hydrogens is 358 g/mol. The van der Waals surface area contributed by atoms with E-state index >= 15 is 0 Å². The Bertz CT molecular complexity index is 633. The zero-order valence-electron chi connectivity index (χ0n) is 12.3. The van der Waals surface area contributed by atoms with Crippen molar-refractivity contribution in [1.82, 2.24) is 5.32 Å². The Morgan fingerprint density at radius 3 is 2.46 bits per heavy atom. The van der Waals surface area contributed by atoms with Crippen LogP contribution in [0, 0.1) is 0 Å². The predicted molar refractivity (Wildman–Crippen MR) is 73.7 cm³/mol. The summed E-state index contributed by atoms with van der Waals surface area (Å²) in [5, 5.41) is 11.7. The van der Waals surface area contributed by atoms with E-state index in [-0.39, 0.29) is 6.61 Å². The molecule has 1 aromatic rings. The van der Waals surface area contributed by atoms with Crippen molar-refractivity contribution in [2.45, 2.75) is 18.8 Å². The molecule has 1 aromatic carbocycles. The van der Waals surface area contributed by atoms with Gasteiger partial charge in [-0.05, 0) is 25.1 Å². The maximum Gasteiger partial charge on any atom is 0.416 e. The summed E-state index contributed by atoms with van der Waals surface area (Å²) in [7, 11) is -5.45. The molecule has 0 heterocycles. The van der Waals surface area contributed by atoms with Crippen molar-refractivity contribution in [2.24, 2.45) is 0 Å². The maximum absolute atomic E-state index is 12.6. The number of benzene rings is 1. The van der Waals surface area contributed by atoms with Crippen molar-refractivity contribution in [2.75, 3.05) is 13.2 Å². The summed E-state index contributed by atoms with van der Waals surface area (Å²) in [6.07, 6.45) is -4.72. The van der Waals surface area contributed by atoms with E-state index in [1.165, 1.54) is 6.92 Å². The number of hydrogen-bond donors (Lipinski definition) is 4. The van der Waals surface area contributed by atoms with Crippen molar-refractivity contribution in [3.05, 3.63) is 29.8 Å². The largest absolute Gasteiger partial charge is 0.465 e. The van der Waals surface area contributed by atoms with Crippen molar-refractivity contribution in [3.8, 4) is 5.75 Å². The minimum absolute atomic E-state index is 0.0245. The molecule has 136 valence electrons. The Balaban J connectivity index is 3.03. The minimum atomic E-state index is -5.45. The zero-order valence-corrected chi connectivity index (χ0v) is 13.2. The highest BCUT2D eigenvalue weighted by atomic mass is 31.2. The number of esters is 1. The minimum Gasteiger partial charge on any atom is -0.465 e. The fourth-order valence-electron chi connectivity index (χ4n) is 1.50. The quantitative estimate of drug-likeness (QED) is 0.317. The van der Waals surface area contributed by atoms with Gasteiger partial charge in [0.25, 0.3) is 0 Å². The van der Waals surface area contributed by atoms with Gasteiger partial charge in [-0.2, -0.15) is 13.2 Å². The highest BCUT2D eigenvalue weighted by Crippen LogP contribution is 2.48. The van der Waals surface area contributed by atoms with Gasteiger partial charge in [0.15, 0.2) is 0 Å². The molecule has 8 nitrogen and oxygen atoms in total. The number of rotatable bonds is 7. The second-order valence-corrected chi connectivity index (χ2v) is 6.13. The van der Waals surface area contributed by atoms with Crippen LogP contribution in [0.15, 0.2) is 24.3 Å². The van der Waals surface area contributed by atoms with Gasteiger partial charge >= 0.3 is 25.4 Å². The second kappa shape index (κ2) is 7.49. The van der Waals surface area contributed by atoms with Gasteiger partial charge in [0.2, 0.25) is 0 Å². The van der Waals surface area contributed by atoms with Crippen molar-refractivity contribution >= 4 is 13.6 Å². The lowest BCUT2D eigenvalue weighted by Crippen LogP contribution is -2.52. The van der Waals surface area contributed by atoms with Crippen LogP contribution in [0.2, 0.25) is 0 Å². The summed E-state index contributed by atoms with van der Waals surface area (Å²) in [5.74, 6) is -1.64. The number of hydrogen-bond acceptors (Lipinski definition) is 6. The molecular formula is C12H15F3NO7P. The number of ether oxygens (including phenoxy) is 2. The second-order valence-electron chi connectivity index (χ2n) is 4.44. The lowest BCUT2D eigenvalue weighted by atomic mass is 10.2. The van der Waals surface area contributed by atoms with Gasteiger partial charge in [0, 0.05) is 0 Å². The molecule has 0 aliphatic heterocycles. The van der Waals surface area contributed by atoms with Crippen LogP contribution in [0.3, 0.4) is 0 Å². The molecule has 0 aliphatic carbocycles. The van der Waals surface area contributed by atoms with Crippen LogP contribution in [-0.4, -0.2) is 39.7 Å². The molecule has 0 fully saturated rings. The molecule has 24 heavy (non-hydrogen) atoms. The average molecular weight is 373 g/mol. The zero-order chi connectivity index (χ0) is 18.6. The summed E-state index contributed by atoms with van der Waals surface area (Å²) >= 11 is 0. The van der Waals surface area contributed by atoms with Crippen LogP contribution in [0.4, 0.5) is 13.2 Å². The Kier molecular flexibility index (Phi) is 6.37. The molecule has 0 amide bonds. The predicted octanol–water partition coefficient (Wildman–Crippen LogP) is 1.02. The molecule has 0 bridgehead atoms. The average Bonchev–Trinajstić information content (AvgIpc) is 2.44. The first-order chi connectivity index (χ1) is 10.9. The molecule has 4 N–H and O–H groups in total. The van der Waals surface area contributed by atoms with E-state index in [4.69, 9.17) is 9.79 Å². The smallest absolute Gasteiger partial charge is 0.416 e. The Morgan fingerprint density at radius 1 is 1.33 bits per heavy atom. The molecule has 0 saturated carbocycles. The molecule has 1 atom stereocenters. The van der Waals surface area contributed by atoms with Gasteiger partial charge < -0.3 is 24.4 Å². The van der Waals surface area contributed by atoms with Gasteiger partial charge in [-0.25, -0.2) is 5.32 Å². The van der Waals surface area contributed by atoms with Gasteiger partial charge in [-0.1, -0.05) is 6.07 Å². The van der Waals surface area contributed by atoms with Crippen LogP contribution in [0.1, 0.15) is 12.5 Å². The van der Waals surface area contributed by atoms with Crippen molar-refractivity contribution in [3.63, 3.8) is 0 Å². The number of carbonyl (C=O) groups excluding carboxylic acids is 1. The number of aliphatic hydroxyl groups is 1. The Morgan fingerprint density at radius 2 is 1.96 bits per heavy atom. The number of halogens is 3. The van der Waals surface area contributed by atoms with Crippen LogP contribution in [0.25, 0.3) is 0 Å². The van der Waals surface area contributed by atoms with E-state index < -0.39 is 43.3 Å². The van der Waals surface area contributed by atoms with Gasteiger partial charge in [0.05, 0.1) is 12.2 Å². The normalized spacial score (nSPS) is 14.8. The van der Waals surface area contributed by atoms with E-state index in [1.807, 2.05) is 0 Å². The summed E-state index contributed by atoms with van der Waals surface area (Å²) in [4.78, 5) is 29.5. The molecule has 0 aromatic heterocycles. The summed E-state index contributed by atoms with van der Waals surface area (Å²) in [5.41, 5.74) is -4.57. The first-order valence-electron chi connectivity index (χ1n) is 6.44. The highest BCUT2D eigenvalue weighted by Gasteiger charge is 2.49. The van der Waals surface area contributed by atoms with E-state index in [0.29, 0.717) is 12.1 Å². The molecule has 0 radical (unpaired) electrons. The molecule has 0 saturated heterocycles. The van der Waals surface area contributed by atoms with Crippen LogP contribution in [0.5, 0.6) is 5.75 Å². The highest BCUT2D eigenvalue weighted by molar-refractivity contribution is 7.53.